The number of ether oxygens (including phenoxy) is 4. The van der Waals surface area contributed by atoms with Gasteiger partial charge in [0, 0.05) is 14.9 Å². The van der Waals surface area contributed by atoms with Gasteiger partial charge in [0.1, 0.15) is 6.10 Å². The van der Waals surface area contributed by atoms with Crippen LogP contribution in [0.5, 0.6) is 0 Å². The summed E-state index contributed by atoms with van der Waals surface area (Å²) in [4.78, 5) is 0. The Labute approximate surface area is 151 Å². The maximum Gasteiger partial charge on any atom is 0.157 e. The van der Waals surface area contributed by atoms with Crippen LogP contribution < -0.4 is 0 Å². The summed E-state index contributed by atoms with van der Waals surface area (Å²) in [7, 11) is 1.57. The van der Waals surface area contributed by atoms with Gasteiger partial charge in [0.25, 0.3) is 0 Å². The minimum absolute atomic E-state index is 0.195. The summed E-state index contributed by atoms with van der Waals surface area (Å²) >= 11 is 0. The van der Waals surface area contributed by atoms with Crippen LogP contribution in [0.2, 0.25) is 0 Å². The van der Waals surface area contributed by atoms with Gasteiger partial charge >= 0.3 is 0 Å². The third-order valence-corrected chi connectivity index (χ3v) is 4.22. The number of hydrogen-bond donors (Lipinski definition) is 0. The number of benzene rings is 2. The predicted molar refractivity (Wildman–Crippen MR) is 96.0 cm³/mol. The van der Waals surface area contributed by atoms with E-state index in [4.69, 9.17) is 20.3 Å². The third kappa shape index (κ3) is 5.65. The second-order valence-corrected chi connectivity index (χ2v) is 6.09. The number of rotatable bonds is 8. The van der Waals surface area contributed by atoms with E-state index >= 15 is 0 Å². The van der Waals surface area contributed by atoms with Crippen LogP contribution in [-0.4, -0.2) is 32.2 Å². The van der Waals surface area contributed by atoms with Crippen molar-refractivity contribution in [2.24, 2.45) is 0 Å². The van der Waals surface area contributed by atoms with Crippen LogP contribution in [0.4, 0.5) is 0 Å². The molecule has 0 unspecified atom stereocenters. The van der Waals surface area contributed by atoms with Gasteiger partial charge in [0.15, 0.2) is 6.29 Å². The standard InChI is InChI=1S/C21H26O4/c1-22-21-13-12-19(24-15-18-10-6-3-7-11-18)20(25-21)16-23-14-17-8-4-2-5-9-17/h2-11,19-21H,12-16H2,1H3/t19-,20+,21-/m0/s1/i13D/t13-,19-,20+,21-. The van der Waals surface area contributed by atoms with Crippen LogP contribution in [0.1, 0.15) is 25.3 Å². The molecule has 4 heteroatoms. The molecule has 1 heterocycles. The highest BCUT2D eigenvalue weighted by molar-refractivity contribution is 5.14. The zero-order valence-electron chi connectivity index (χ0n) is 15.5. The molecule has 4 atom stereocenters. The Morgan fingerprint density at radius 2 is 1.64 bits per heavy atom. The van der Waals surface area contributed by atoms with E-state index in [1.54, 1.807) is 7.11 Å². The van der Waals surface area contributed by atoms with Gasteiger partial charge in [-0.1, -0.05) is 60.7 Å². The van der Waals surface area contributed by atoms with Crippen molar-refractivity contribution in [3.8, 4) is 0 Å². The molecule has 0 N–H and O–H groups in total. The first kappa shape index (κ1) is 16.7. The molecule has 0 radical (unpaired) electrons. The fraction of sp³-hybridized carbons (Fsp3) is 0.429. The molecule has 25 heavy (non-hydrogen) atoms. The van der Waals surface area contributed by atoms with Crippen molar-refractivity contribution in [2.75, 3.05) is 13.7 Å². The van der Waals surface area contributed by atoms with E-state index in [0.717, 1.165) is 11.1 Å². The van der Waals surface area contributed by atoms with Gasteiger partial charge in [-0.15, -0.1) is 0 Å². The molecule has 134 valence electrons. The predicted octanol–water partition coefficient (Wildman–Crippen LogP) is 3.94. The number of hydrogen-bond acceptors (Lipinski definition) is 4. The van der Waals surface area contributed by atoms with Crippen molar-refractivity contribution in [2.45, 2.75) is 44.5 Å². The first-order valence-corrected chi connectivity index (χ1v) is 8.64. The summed E-state index contributed by atoms with van der Waals surface area (Å²) < 4.78 is 31.3. The largest absolute Gasteiger partial charge is 0.374 e. The van der Waals surface area contributed by atoms with Crippen LogP contribution in [0.25, 0.3) is 0 Å². The Morgan fingerprint density at radius 1 is 1.00 bits per heavy atom. The van der Waals surface area contributed by atoms with Gasteiger partial charge in [-0.25, -0.2) is 0 Å². The van der Waals surface area contributed by atoms with E-state index < -0.39 is 12.7 Å². The summed E-state index contributed by atoms with van der Waals surface area (Å²) in [6, 6.07) is 20.1. The third-order valence-electron chi connectivity index (χ3n) is 4.22. The highest BCUT2D eigenvalue weighted by Crippen LogP contribution is 2.24. The highest BCUT2D eigenvalue weighted by Gasteiger charge is 2.32. The fourth-order valence-electron chi connectivity index (χ4n) is 2.83. The monoisotopic (exact) mass is 343 g/mol. The van der Waals surface area contributed by atoms with Gasteiger partial charge in [-0.05, 0) is 17.5 Å². The van der Waals surface area contributed by atoms with Crippen LogP contribution in [0, 0.1) is 0 Å². The molecule has 1 aliphatic rings. The molecule has 1 saturated heterocycles. The molecule has 4 nitrogen and oxygen atoms in total. The molecular formula is C21H26O4. The molecular weight excluding hydrogens is 316 g/mol. The average molecular weight is 343 g/mol. The second kappa shape index (κ2) is 9.68. The summed E-state index contributed by atoms with van der Waals surface area (Å²) in [5, 5.41) is 0. The summed E-state index contributed by atoms with van der Waals surface area (Å²) in [5.74, 6) is 0. The lowest BCUT2D eigenvalue weighted by Crippen LogP contribution is -2.43. The van der Waals surface area contributed by atoms with E-state index in [9.17, 15) is 0 Å². The van der Waals surface area contributed by atoms with Gasteiger partial charge < -0.3 is 18.9 Å². The maximum absolute atomic E-state index is 8.17. The molecule has 2 aromatic rings. The first-order chi connectivity index (χ1) is 12.8. The lowest BCUT2D eigenvalue weighted by molar-refractivity contribution is -0.234. The van der Waals surface area contributed by atoms with E-state index in [1.165, 1.54) is 0 Å². The molecule has 2 aromatic carbocycles. The highest BCUT2D eigenvalue weighted by atomic mass is 16.7. The smallest absolute Gasteiger partial charge is 0.157 e. The quantitative estimate of drug-likeness (QED) is 0.727. The first-order valence-electron chi connectivity index (χ1n) is 9.21. The van der Waals surface area contributed by atoms with Gasteiger partial charge in [-0.2, -0.15) is 0 Å². The van der Waals surface area contributed by atoms with Gasteiger partial charge in [-0.3, -0.25) is 0 Å². The molecule has 0 amide bonds. The molecule has 3 rings (SSSR count). The zero-order valence-corrected chi connectivity index (χ0v) is 14.5. The van der Waals surface area contributed by atoms with Crippen LogP contribution in [0.15, 0.2) is 60.7 Å². The van der Waals surface area contributed by atoms with E-state index in [0.29, 0.717) is 26.2 Å². The lowest BCUT2D eigenvalue weighted by atomic mass is 10.0. The van der Waals surface area contributed by atoms with Crippen molar-refractivity contribution in [1.29, 1.82) is 0 Å². The van der Waals surface area contributed by atoms with Crippen LogP contribution >= 0.6 is 0 Å². The maximum atomic E-state index is 8.17. The summed E-state index contributed by atoms with van der Waals surface area (Å²) in [5.41, 5.74) is 2.22. The number of methoxy groups -OCH3 is 1. The molecule has 1 fully saturated rings. The van der Waals surface area contributed by atoms with E-state index in [-0.39, 0.29) is 12.2 Å². The SMILES string of the molecule is [2H][C@H]1C[C@H](OCc2ccccc2)[C@@H](COCc2ccccc2)O[C@@H]1OC. The molecule has 0 saturated carbocycles. The van der Waals surface area contributed by atoms with Crippen molar-refractivity contribution < 1.29 is 20.3 Å². The Bertz CT molecular complexity index is 637. The molecule has 0 aromatic heterocycles. The Kier molecular flexibility index (Phi) is 6.48. The normalized spacial score (nSPS) is 27.0. The molecule has 0 aliphatic carbocycles. The molecule has 1 aliphatic heterocycles. The van der Waals surface area contributed by atoms with Crippen molar-refractivity contribution in [3.63, 3.8) is 0 Å². The van der Waals surface area contributed by atoms with E-state index in [1.807, 2.05) is 60.7 Å². The van der Waals surface area contributed by atoms with Crippen molar-refractivity contribution in [3.05, 3.63) is 71.8 Å². The minimum Gasteiger partial charge on any atom is -0.374 e. The summed E-state index contributed by atoms with van der Waals surface area (Å²) in [6.45, 7) is 1.42. The van der Waals surface area contributed by atoms with Crippen LogP contribution in [0.3, 0.4) is 0 Å². The minimum atomic E-state index is -0.545. The Balaban J connectivity index is 1.56. The van der Waals surface area contributed by atoms with Gasteiger partial charge in [0.05, 0.1) is 25.9 Å². The molecule has 0 spiro atoms. The van der Waals surface area contributed by atoms with Crippen LogP contribution in [-0.2, 0) is 32.2 Å². The summed E-state index contributed by atoms with van der Waals surface area (Å²) in [6.07, 6.45) is -0.901. The molecule has 0 bridgehead atoms. The van der Waals surface area contributed by atoms with Crippen molar-refractivity contribution in [1.82, 2.24) is 0 Å². The fourth-order valence-corrected chi connectivity index (χ4v) is 2.83. The topological polar surface area (TPSA) is 36.9 Å². The second-order valence-electron chi connectivity index (χ2n) is 6.09. The lowest BCUT2D eigenvalue weighted by Gasteiger charge is -2.35. The Morgan fingerprint density at radius 3 is 2.28 bits per heavy atom. The van der Waals surface area contributed by atoms with Crippen molar-refractivity contribution >= 4 is 0 Å². The average Bonchev–Trinajstić information content (AvgIpc) is 2.69. The zero-order chi connectivity index (χ0) is 18.2. The Hall–Kier alpha value is -1.72. The van der Waals surface area contributed by atoms with E-state index in [2.05, 4.69) is 0 Å². The van der Waals surface area contributed by atoms with Gasteiger partial charge in [0.2, 0.25) is 0 Å².